The Balaban J connectivity index is 2.20. The number of aryl methyl sites for hydroxylation is 1. The molecular formula is C16H23NO2. The highest BCUT2D eigenvalue weighted by atomic mass is 16.5. The number of hydrogen-bond donors (Lipinski definition) is 0. The number of ether oxygens (including phenoxy) is 1. The number of esters is 1. The SMILES string of the molecule is CCOC(=O)[C@@H]1CN(C)CC[C@H]1c1ccc(C)cc1. The standard InChI is InChI=1S/C16H23NO2/c1-4-19-16(18)15-11-17(3)10-9-14(15)13-7-5-12(2)6-8-13/h5-8,14-15H,4,9-11H2,1-3H3/t14-,15+/m0/s1. The number of hydrogen-bond acceptors (Lipinski definition) is 3. The van der Waals surface area contributed by atoms with Gasteiger partial charge in [-0.2, -0.15) is 0 Å². The molecule has 1 aliphatic heterocycles. The number of piperidine rings is 1. The second-order valence-corrected chi connectivity index (χ2v) is 5.43. The van der Waals surface area contributed by atoms with E-state index in [1.165, 1.54) is 11.1 Å². The van der Waals surface area contributed by atoms with Crippen molar-refractivity contribution in [1.82, 2.24) is 4.90 Å². The number of rotatable bonds is 3. The maximum atomic E-state index is 12.1. The zero-order valence-corrected chi connectivity index (χ0v) is 12.1. The molecule has 3 heteroatoms. The van der Waals surface area contributed by atoms with Crippen molar-refractivity contribution in [2.24, 2.45) is 5.92 Å². The van der Waals surface area contributed by atoms with Gasteiger partial charge in [0.15, 0.2) is 0 Å². The van der Waals surface area contributed by atoms with Crippen LogP contribution in [0.25, 0.3) is 0 Å². The van der Waals surface area contributed by atoms with Gasteiger partial charge in [0.2, 0.25) is 0 Å². The van der Waals surface area contributed by atoms with Crippen molar-refractivity contribution in [3.8, 4) is 0 Å². The van der Waals surface area contributed by atoms with Crippen LogP contribution in [0.3, 0.4) is 0 Å². The van der Waals surface area contributed by atoms with E-state index < -0.39 is 0 Å². The quantitative estimate of drug-likeness (QED) is 0.783. The van der Waals surface area contributed by atoms with Gasteiger partial charge in [0.1, 0.15) is 0 Å². The van der Waals surface area contributed by atoms with Gasteiger partial charge in [-0.05, 0) is 45.3 Å². The Labute approximate surface area is 115 Å². The summed E-state index contributed by atoms with van der Waals surface area (Å²) in [6.07, 6.45) is 1.02. The summed E-state index contributed by atoms with van der Waals surface area (Å²) < 4.78 is 5.24. The smallest absolute Gasteiger partial charge is 0.310 e. The second kappa shape index (κ2) is 6.20. The fourth-order valence-electron chi connectivity index (χ4n) is 2.82. The molecular weight excluding hydrogens is 238 g/mol. The van der Waals surface area contributed by atoms with E-state index in [9.17, 15) is 4.79 Å². The van der Waals surface area contributed by atoms with Gasteiger partial charge in [0, 0.05) is 6.54 Å². The number of carbonyl (C=O) groups excluding carboxylic acids is 1. The summed E-state index contributed by atoms with van der Waals surface area (Å²) in [5, 5.41) is 0. The molecule has 1 fully saturated rings. The second-order valence-electron chi connectivity index (χ2n) is 5.43. The maximum Gasteiger partial charge on any atom is 0.310 e. The molecule has 0 saturated carbocycles. The Morgan fingerprint density at radius 3 is 2.68 bits per heavy atom. The van der Waals surface area contributed by atoms with Gasteiger partial charge in [-0.1, -0.05) is 29.8 Å². The average molecular weight is 261 g/mol. The van der Waals surface area contributed by atoms with Crippen LogP contribution >= 0.6 is 0 Å². The molecule has 0 amide bonds. The molecule has 0 spiro atoms. The van der Waals surface area contributed by atoms with E-state index in [4.69, 9.17) is 4.74 Å². The predicted octanol–water partition coefficient (Wildman–Crippen LogP) is 2.59. The van der Waals surface area contributed by atoms with Crippen LogP contribution in [0.2, 0.25) is 0 Å². The van der Waals surface area contributed by atoms with Crippen molar-refractivity contribution >= 4 is 5.97 Å². The molecule has 0 aromatic heterocycles. The number of likely N-dealkylation sites (tertiary alicyclic amines) is 1. The van der Waals surface area contributed by atoms with Crippen molar-refractivity contribution in [1.29, 1.82) is 0 Å². The molecule has 2 rings (SSSR count). The molecule has 0 N–H and O–H groups in total. The largest absolute Gasteiger partial charge is 0.466 e. The van der Waals surface area contributed by atoms with Crippen molar-refractivity contribution in [3.05, 3.63) is 35.4 Å². The van der Waals surface area contributed by atoms with E-state index in [2.05, 4.69) is 43.1 Å². The van der Waals surface area contributed by atoms with Gasteiger partial charge >= 0.3 is 5.97 Å². The Hall–Kier alpha value is -1.35. The third-order valence-electron chi connectivity index (χ3n) is 3.91. The lowest BCUT2D eigenvalue weighted by molar-refractivity contribution is -0.150. The minimum Gasteiger partial charge on any atom is -0.466 e. The summed E-state index contributed by atoms with van der Waals surface area (Å²) in [4.78, 5) is 14.4. The molecule has 1 aliphatic rings. The van der Waals surface area contributed by atoms with Crippen LogP contribution in [0.1, 0.15) is 30.4 Å². The van der Waals surface area contributed by atoms with E-state index in [1.54, 1.807) is 0 Å². The van der Waals surface area contributed by atoms with Crippen molar-refractivity contribution in [2.45, 2.75) is 26.2 Å². The molecule has 0 bridgehead atoms. The highest BCUT2D eigenvalue weighted by molar-refractivity contribution is 5.74. The minimum absolute atomic E-state index is 0.0404. The summed E-state index contributed by atoms with van der Waals surface area (Å²) in [6.45, 7) is 6.23. The Morgan fingerprint density at radius 2 is 2.05 bits per heavy atom. The summed E-state index contributed by atoms with van der Waals surface area (Å²) in [5.41, 5.74) is 2.51. The first kappa shape index (κ1) is 14.1. The Bertz CT molecular complexity index is 427. The Morgan fingerprint density at radius 1 is 1.37 bits per heavy atom. The molecule has 0 aliphatic carbocycles. The van der Waals surface area contributed by atoms with Crippen LogP contribution in [0, 0.1) is 12.8 Å². The first-order chi connectivity index (χ1) is 9.11. The van der Waals surface area contributed by atoms with Gasteiger partial charge in [0.25, 0.3) is 0 Å². The monoisotopic (exact) mass is 261 g/mol. The number of carbonyl (C=O) groups is 1. The predicted molar refractivity (Wildman–Crippen MR) is 76.2 cm³/mol. The lowest BCUT2D eigenvalue weighted by Crippen LogP contribution is -2.41. The molecule has 1 aromatic carbocycles. The van der Waals surface area contributed by atoms with Gasteiger partial charge < -0.3 is 9.64 Å². The summed E-state index contributed by atoms with van der Waals surface area (Å²) in [7, 11) is 2.07. The fourth-order valence-corrected chi connectivity index (χ4v) is 2.82. The van der Waals surface area contributed by atoms with Crippen molar-refractivity contribution in [3.63, 3.8) is 0 Å². The fraction of sp³-hybridized carbons (Fsp3) is 0.562. The molecule has 19 heavy (non-hydrogen) atoms. The normalized spacial score (nSPS) is 24.2. The van der Waals surface area contributed by atoms with E-state index in [0.717, 1.165) is 19.5 Å². The average Bonchev–Trinajstić information content (AvgIpc) is 2.40. The molecule has 0 radical (unpaired) electrons. The molecule has 104 valence electrons. The van der Waals surface area contributed by atoms with Crippen LogP contribution in [0.15, 0.2) is 24.3 Å². The first-order valence-electron chi connectivity index (χ1n) is 7.03. The number of nitrogens with zero attached hydrogens (tertiary/aromatic N) is 1. The van der Waals surface area contributed by atoms with E-state index in [0.29, 0.717) is 6.61 Å². The zero-order chi connectivity index (χ0) is 13.8. The minimum atomic E-state index is -0.0559. The van der Waals surface area contributed by atoms with Crippen molar-refractivity contribution in [2.75, 3.05) is 26.7 Å². The van der Waals surface area contributed by atoms with Gasteiger partial charge in [-0.3, -0.25) is 4.79 Å². The van der Waals surface area contributed by atoms with Gasteiger partial charge in [0.05, 0.1) is 12.5 Å². The van der Waals surface area contributed by atoms with Crippen LogP contribution in [0.4, 0.5) is 0 Å². The maximum absolute atomic E-state index is 12.1. The molecule has 3 nitrogen and oxygen atoms in total. The van der Waals surface area contributed by atoms with E-state index in [1.807, 2.05) is 6.92 Å². The summed E-state index contributed by atoms with van der Waals surface area (Å²) in [5.74, 6) is 0.192. The molecule has 1 aromatic rings. The zero-order valence-electron chi connectivity index (χ0n) is 12.1. The summed E-state index contributed by atoms with van der Waals surface area (Å²) in [6, 6.07) is 8.54. The lowest BCUT2D eigenvalue weighted by Gasteiger charge is -2.35. The molecule has 0 unspecified atom stereocenters. The third kappa shape index (κ3) is 3.35. The van der Waals surface area contributed by atoms with Gasteiger partial charge in [-0.25, -0.2) is 0 Å². The van der Waals surface area contributed by atoms with Gasteiger partial charge in [-0.15, -0.1) is 0 Å². The van der Waals surface area contributed by atoms with Crippen LogP contribution in [0.5, 0.6) is 0 Å². The summed E-state index contributed by atoms with van der Waals surface area (Å²) >= 11 is 0. The number of benzene rings is 1. The van der Waals surface area contributed by atoms with Crippen molar-refractivity contribution < 1.29 is 9.53 Å². The topological polar surface area (TPSA) is 29.5 Å². The molecule has 1 saturated heterocycles. The molecule has 2 atom stereocenters. The van der Waals surface area contributed by atoms with Crippen LogP contribution < -0.4 is 0 Å². The highest BCUT2D eigenvalue weighted by Crippen LogP contribution is 2.33. The molecule has 1 heterocycles. The van der Waals surface area contributed by atoms with E-state index >= 15 is 0 Å². The highest BCUT2D eigenvalue weighted by Gasteiger charge is 2.34. The van der Waals surface area contributed by atoms with Crippen LogP contribution in [-0.2, 0) is 9.53 Å². The van der Waals surface area contributed by atoms with E-state index in [-0.39, 0.29) is 17.8 Å². The van der Waals surface area contributed by atoms with Crippen LogP contribution in [-0.4, -0.2) is 37.6 Å². The Kier molecular flexibility index (Phi) is 4.59. The first-order valence-corrected chi connectivity index (χ1v) is 7.03. The third-order valence-corrected chi connectivity index (χ3v) is 3.91. The lowest BCUT2D eigenvalue weighted by atomic mass is 9.80.